The standard InChI is InChI=1S/C20H25NO3/c1-13-10-14(2)15(3)19(11-13)24-12-20(22)21-16(4)17-8-6-7-9-18(17)23-5/h6-11,16H,12H2,1-5H3,(H,21,22). The van der Waals surface area contributed by atoms with Gasteiger partial charge in [0.2, 0.25) is 0 Å². The minimum Gasteiger partial charge on any atom is -0.496 e. The van der Waals surface area contributed by atoms with Gasteiger partial charge in [0.05, 0.1) is 13.2 Å². The smallest absolute Gasteiger partial charge is 0.258 e. The molecule has 128 valence electrons. The maximum atomic E-state index is 12.2. The molecular weight excluding hydrogens is 302 g/mol. The summed E-state index contributed by atoms with van der Waals surface area (Å²) in [5, 5.41) is 2.95. The van der Waals surface area contributed by atoms with E-state index in [1.165, 1.54) is 0 Å². The second-order valence-corrected chi connectivity index (χ2v) is 6.02. The Bertz CT molecular complexity index is 725. The van der Waals surface area contributed by atoms with Gasteiger partial charge in [-0.25, -0.2) is 0 Å². The molecule has 2 aromatic rings. The first-order valence-corrected chi connectivity index (χ1v) is 8.05. The fourth-order valence-corrected chi connectivity index (χ4v) is 2.68. The number of benzene rings is 2. The molecule has 2 aromatic carbocycles. The lowest BCUT2D eigenvalue weighted by Gasteiger charge is -2.18. The number of methoxy groups -OCH3 is 1. The molecule has 4 heteroatoms. The number of aryl methyl sites for hydroxylation is 2. The second-order valence-electron chi connectivity index (χ2n) is 6.02. The van der Waals surface area contributed by atoms with Crippen molar-refractivity contribution in [3.8, 4) is 11.5 Å². The van der Waals surface area contributed by atoms with Gasteiger partial charge in [0.15, 0.2) is 6.61 Å². The van der Waals surface area contributed by atoms with E-state index in [1.807, 2.05) is 58.0 Å². The lowest BCUT2D eigenvalue weighted by Crippen LogP contribution is -2.31. The summed E-state index contributed by atoms with van der Waals surface area (Å²) in [6.07, 6.45) is 0. The number of hydrogen-bond donors (Lipinski definition) is 1. The first-order valence-electron chi connectivity index (χ1n) is 8.05. The summed E-state index contributed by atoms with van der Waals surface area (Å²) in [4.78, 5) is 12.2. The summed E-state index contributed by atoms with van der Waals surface area (Å²) in [5.41, 5.74) is 4.28. The van der Waals surface area contributed by atoms with Gasteiger partial charge in [-0.15, -0.1) is 0 Å². The zero-order valence-electron chi connectivity index (χ0n) is 15.0. The van der Waals surface area contributed by atoms with E-state index in [2.05, 4.69) is 11.4 Å². The molecule has 0 aromatic heterocycles. The van der Waals surface area contributed by atoms with Gasteiger partial charge in [0, 0.05) is 5.56 Å². The van der Waals surface area contributed by atoms with E-state index in [0.717, 1.165) is 33.8 Å². The Morgan fingerprint density at radius 1 is 1.12 bits per heavy atom. The molecular formula is C20H25NO3. The third kappa shape index (κ3) is 4.28. The fourth-order valence-electron chi connectivity index (χ4n) is 2.68. The summed E-state index contributed by atoms with van der Waals surface area (Å²) in [6.45, 7) is 7.97. The number of rotatable bonds is 6. The van der Waals surface area contributed by atoms with Crippen LogP contribution >= 0.6 is 0 Å². The molecule has 0 aliphatic heterocycles. The SMILES string of the molecule is COc1ccccc1C(C)NC(=O)COc1cc(C)cc(C)c1C. The monoisotopic (exact) mass is 327 g/mol. The summed E-state index contributed by atoms with van der Waals surface area (Å²) in [7, 11) is 1.62. The van der Waals surface area contributed by atoms with Gasteiger partial charge < -0.3 is 14.8 Å². The van der Waals surface area contributed by atoms with E-state index in [1.54, 1.807) is 7.11 Å². The highest BCUT2D eigenvalue weighted by Gasteiger charge is 2.14. The molecule has 1 unspecified atom stereocenters. The minimum atomic E-state index is -0.160. The normalized spacial score (nSPS) is 11.7. The topological polar surface area (TPSA) is 47.6 Å². The molecule has 4 nitrogen and oxygen atoms in total. The highest BCUT2D eigenvalue weighted by atomic mass is 16.5. The van der Waals surface area contributed by atoms with Crippen LogP contribution in [-0.2, 0) is 4.79 Å². The fraction of sp³-hybridized carbons (Fsp3) is 0.350. The van der Waals surface area contributed by atoms with Crippen molar-refractivity contribution in [1.29, 1.82) is 0 Å². The van der Waals surface area contributed by atoms with Crippen molar-refractivity contribution in [1.82, 2.24) is 5.32 Å². The van der Waals surface area contributed by atoms with Crippen LogP contribution in [0.3, 0.4) is 0 Å². The maximum absolute atomic E-state index is 12.2. The van der Waals surface area contributed by atoms with Gasteiger partial charge in [-0.1, -0.05) is 24.3 Å². The number of amides is 1. The van der Waals surface area contributed by atoms with Crippen molar-refractivity contribution >= 4 is 5.91 Å². The number of para-hydroxylation sites is 1. The Hall–Kier alpha value is -2.49. The van der Waals surface area contributed by atoms with Gasteiger partial charge >= 0.3 is 0 Å². The second kappa shape index (κ2) is 7.86. The molecule has 0 fully saturated rings. The molecule has 0 saturated heterocycles. The minimum absolute atomic E-state index is 0.0107. The van der Waals surface area contributed by atoms with Crippen molar-refractivity contribution in [3.63, 3.8) is 0 Å². The molecule has 0 saturated carbocycles. The first-order chi connectivity index (χ1) is 11.4. The Labute approximate surface area is 143 Å². The Balaban J connectivity index is 1.99. The number of carbonyl (C=O) groups is 1. The number of hydrogen-bond acceptors (Lipinski definition) is 3. The maximum Gasteiger partial charge on any atom is 0.258 e. The predicted octanol–water partition coefficient (Wildman–Crippen LogP) is 3.88. The molecule has 1 amide bonds. The highest BCUT2D eigenvalue weighted by molar-refractivity contribution is 5.78. The van der Waals surface area contributed by atoms with Gasteiger partial charge in [-0.3, -0.25) is 4.79 Å². The Morgan fingerprint density at radius 2 is 1.83 bits per heavy atom. The lowest BCUT2D eigenvalue weighted by molar-refractivity contribution is -0.123. The third-order valence-electron chi connectivity index (χ3n) is 4.11. The van der Waals surface area contributed by atoms with E-state index in [0.29, 0.717) is 0 Å². The number of ether oxygens (including phenoxy) is 2. The van der Waals surface area contributed by atoms with E-state index < -0.39 is 0 Å². The van der Waals surface area contributed by atoms with Crippen molar-refractivity contribution in [3.05, 3.63) is 58.7 Å². The summed E-state index contributed by atoms with van der Waals surface area (Å²) in [6, 6.07) is 11.6. The molecule has 24 heavy (non-hydrogen) atoms. The Kier molecular flexibility index (Phi) is 5.85. The first kappa shape index (κ1) is 17.9. The average Bonchev–Trinajstić information content (AvgIpc) is 2.56. The van der Waals surface area contributed by atoms with Crippen LogP contribution in [0.25, 0.3) is 0 Å². The van der Waals surface area contributed by atoms with Gasteiger partial charge in [0.25, 0.3) is 5.91 Å². The predicted molar refractivity (Wildman–Crippen MR) is 95.7 cm³/mol. The van der Waals surface area contributed by atoms with Crippen molar-refractivity contribution in [2.45, 2.75) is 33.7 Å². The zero-order chi connectivity index (χ0) is 17.7. The van der Waals surface area contributed by atoms with Crippen molar-refractivity contribution in [2.75, 3.05) is 13.7 Å². The molecule has 0 spiro atoms. The van der Waals surface area contributed by atoms with Crippen LogP contribution in [-0.4, -0.2) is 19.6 Å². The quantitative estimate of drug-likeness (QED) is 0.876. The van der Waals surface area contributed by atoms with Crippen LogP contribution in [0.15, 0.2) is 36.4 Å². The van der Waals surface area contributed by atoms with Crippen LogP contribution < -0.4 is 14.8 Å². The lowest BCUT2D eigenvalue weighted by atomic mass is 10.1. The van der Waals surface area contributed by atoms with Crippen LogP contribution in [0.2, 0.25) is 0 Å². The summed E-state index contributed by atoms with van der Waals surface area (Å²) in [5.74, 6) is 1.36. The van der Waals surface area contributed by atoms with Gasteiger partial charge in [-0.2, -0.15) is 0 Å². The zero-order valence-corrected chi connectivity index (χ0v) is 15.0. The van der Waals surface area contributed by atoms with E-state index >= 15 is 0 Å². The van der Waals surface area contributed by atoms with E-state index in [-0.39, 0.29) is 18.6 Å². The van der Waals surface area contributed by atoms with Crippen LogP contribution in [0, 0.1) is 20.8 Å². The molecule has 2 rings (SSSR count). The van der Waals surface area contributed by atoms with Crippen molar-refractivity contribution < 1.29 is 14.3 Å². The summed E-state index contributed by atoms with van der Waals surface area (Å²) >= 11 is 0. The Morgan fingerprint density at radius 3 is 2.54 bits per heavy atom. The number of nitrogens with one attached hydrogen (secondary N) is 1. The largest absolute Gasteiger partial charge is 0.496 e. The molecule has 0 bridgehead atoms. The van der Waals surface area contributed by atoms with Crippen LogP contribution in [0.4, 0.5) is 0 Å². The average molecular weight is 327 g/mol. The number of carbonyl (C=O) groups excluding carboxylic acids is 1. The van der Waals surface area contributed by atoms with Crippen LogP contribution in [0.1, 0.15) is 35.2 Å². The van der Waals surface area contributed by atoms with Crippen molar-refractivity contribution in [2.24, 2.45) is 0 Å². The molecule has 0 aliphatic rings. The molecule has 1 N–H and O–H groups in total. The third-order valence-corrected chi connectivity index (χ3v) is 4.11. The van der Waals surface area contributed by atoms with Gasteiger partial charge in [0.1, 0.15) is 11.5 Å². The summed E-state index contributed by atoms with van der Waals surface area (Å²) < 4.78 is 11.0. The molecule has 0 heterocycles. The van der Waals surface area contributed by atoms with E-state index in [4.69, 9.17) is 9.47 Å². The van der Waals surface area contributed by atoms with E-state index in [9.17, 15) is 4.79 Å². The highest BCUT2D eigenvalue weighted by Crippen LogP contribution is 2.25. The van der Waals surface area contributed by atoms with Crippen LogP contribution in [0.5, 0.6) is 11.5 Å². The molecule has 0 aliphatic carbocycles. The molecule has 1 atom stereocenters. The van der Waals surface area contributed by atoms with Gasteiger partial charge in [-0.05, 0) is 56.5 Å². The molecule has 0 radical (unpaired) electrons.